The van der Waals surface area contributed by atoms with Crippen LogP contribution in [0.3, 0.4) is 0 Å². The first-order chi connectivity index (χ1) is 14.7. The second kappa shape index (κ2) is 11.0. The highest BCUT2D eigenvalue weighted by molar-refractivity contribution is 5.86. The highest BCUT2D eigenvalue weighted by Gasteiger charge is 2.33. The van der Waals surface area contributed by atoms with Crippen LogP contribution in [0.4, 0.5) is 10.2 Å². The number of hydrogen-bond donors (Lipinski definition) is 1. The topological polar surface area (TPSA) is 75.4 Å². The third kappa shape index (κ3) is 6.14. The number of amides is 1. The summed E-state index contributed by atoms with van der Waals surface area (Å²) < 4.78 is 13.4. The maximum absolute atomic E-state index is 13.5. The molecule has 9 heteroatoms. The van der Waals surface area contributed by atoms with Crippen LogP contribution in [0.5, 0.6) is 0 Å². The lowest BCUT2D eigenvalue weighted by Gasteiger charge is -2.38. The Balaban J connectivity index is 0.00000193. The Hall–Kier alpha value is -1.96. The maximum Gasteiger partial charge on any atom is 0.230 e. The smallest absolute Gasteiger partial charge is 0.230 e. The van der Waals surface area contributed by atoms with E-state index in [1.807, 2.05) is 18.7 Å². The van der Waals surface area contributed by atoms with Gasteiger partial charge in [-0.15, -0.1) is 24.8 Å². The molecule has 2 aliphatic rings. The number of rotatable bonds is 5. The summed E-state index contributed by atoms with van der Waals surface area (Å²) in [6, 6.07) is 6.22. The lowest BCUT2D eigenvalue weighted by Crippen LogP contribution is -2.51. The predicted octanol–water partition coefficient (Wildman–Crippen LogP) is 4.07. The molecular formula is C24H34Cl2FN5O. The Morgan fingerprint density at radius 2 is 1.79 bits per heavy atom. The van der Waals surface area contributed by atoms with Crippen LogP contribution in [-0.2, 0) is 11.2 Å². The van der Waals surface area contributed by atoms with Crippen LogP contribution >= 0.6 is 24.8 Å². The number of carbonyl (C=O) groups is 1. The minimum absolute atomic E-state index is 0. The molecular weight excluding hydrogens is 464 g/mol. The monoisotopic (exact) mass is 497 g/mol. The predicted molar refractivity (Wildman–Crippen MR) is 134 cm³/mol. The van der Waals surface area contributed by atoms with Gasteiger partial charge in [0.05, 0.1) is 5.92 Å². The van der Waals surface area contributed by atoms with Gasteiger partial charge in [-0.3, -0.25) is 4.79 Å². The van der Waals surface area contributed by atoms with E-state index in [2.05, 4.69) is 21.8 Å². The zero-order valence-corrected chi connectivity index (χ0v) is 21.1. The van der Waals surface area contributed by atoms with E-state index in [0.717, 1.165) is 43.0 Å². The number of aryl methyl sites for hydroxylation is 1. The standard InChI is InChI=1S/C24H32FN5O.2ClH/c1-16-4-9-20-21(16)22(28-15-27-20)29-10-12-30(13-11-29)23(31)19(14-24(2,3)26)17-5-7-18(25)8-6-17;;/h5-8,15-16,19H,4,9-14,26H2,1-3H3;2*1H/t16-,19?;;/m1../s1. The van der Waals surface area contributed by atoms with Crippen LogP contribution in [0.2, 0.25) is 0 Å². The Bertz CT molecular complexity index is 943. The van der Waals surface area contributed by atoms with E-state index in [1.165, 1.54) is 17.7 Å². The SMILES string of the molecule is C[C@@H]1CCc2ncnc(N3CCN(C(=O)C(CC(C)(C)N)c4ccc(F)cc4)CC3)c21.Cl.Cl. The van der Waals surface area contributed by atoms with Crippen LogP contribution in [0.25, 0.3) is 0 Å². The van der Waals surface area contributed by atoms with Gasteiger partial charge in [-0.25, -0.2) is 14.4 Å². The number of hydrogen-bond acceptors (Lipinski definition) is 5. The Kier molecular flexibility index (Phi) is 9.08. The van der Waals surface area contributed by atoms with Crippen LogP contribution < -0.4 is 10.6 Å². The van der Waals surface area contributed by atoms with Crippen molar-refractivity contribution in [3.8, 4) is 0 Å². The van der Waals surface area contributed by atoms with Crippen molar-refractivity contribution in [3.05, 3.63) is 53.2 Å². The van der Waals surface area contributed by atoms with Crippen molar-refractivity contribution in [2.24, 2.45) is 5.73 Å². The van der Waals surface area contributed by atoms with Crippen molar-refractivity contribution in [2.45, 2.75) is 57.4 Å². The van der Waals surface area contributed by atoms with Crippen molar-refractivity contribution in [3.63, 3.8) is 0 Å². The Morgan fingerprint density at radius 3 is 2.39 bits per heavy atom. The molecule has 2 atom stereocenters. The van der Waals surface area contributed by atoms with Crippen molar-refractivity contribution < 1.29 is 9.18 Å². The summed E-state index contributed by atoms with van der Waals surface area (Å²) in [5.74, 6) is 0.879. The number of benzene rings is 1. The molecule has 1 aliphatic carbocycles. The summed E-state index contributed by atoms with van der Waals surface area (Å²) in [5.41, 5.74) is 9.01. The van der Waals surface area contributed by atoms with Gasteiger partial charge in [0.2, 0.25) is 5.91 Å². The molecule has 0 saturated carbocycles. The van der Waals surface area contributed by atoms with E-state index in [1.54, 1.807) is 18.5 Å². The van der Waals surface area contributed by atoms with Crippen molar-refractivity contribution in [1.82, 2.24) is 14.9 Å². The molecule has 0 spiro atoms. The number of fused-ring (bicyclic) bond motifs is 1. The number of piperazine rings is 1. The fraction of sp³-hybridized carbons (Fsp3) is 0.542. The number of carbonyl (C=O) groups excluding carboxylic acids is 1. The minimum Gasteiger partial charge on any atom is -0.353 e. The molecule has 0 radical (unpaired) electrons. The first-order valence-corrected chi connectivity index (χ1v) is 11.1. The molecule has 1 unspecified atom stereocenters. The fourth-order valence-corrected chi connectivity index (χ4v) is 4.80. The van der Waals surface area contributed by atoms with E-state index in [4.69, 9.17) is 5.73 Å². The van der Waals surface area contributed by atoms with Crippen LogP contribution in [0, 0.1) is 5.82 Å². The molecule has 2 N–H and O–H groups in total. The van der Waals surface area contributed by atoms with E-state index in [-0.39, 0.29) is 42.5 Å². The number of aromatic nitrogens is 2. The molecule has 1 fully saturated rings. The number of halogens is 3. The van der Waals surface area contributed by atoms with Gasteiger partial charge in [0, 0.05) is 43.0 Å². The first kappa shape index (κ1) is 27.3. The molecule has 2 heterocycles. The van der Waals surface area contributed by atoms with E-state index in [9.17, 15) is 9.18 Å². The van der Waals surface area contributed by atoms with Gasteiger partial charge in [-0.05, 0) is 56.7 Å². The normalized spacial score (nSPS) is 18.8. The summed E-state index contributed by atoms with van der Waals surface area (Å²) in [6.07, 6.45) is 4.30. The lowest BCUT2D eigenvalue weighted by molar-refractivity contribution is -0.133. The third-order valence-corrected chi connectivity index (χ3v) is 6.44. The lowest BCUT2D eigenvalue weighted by atomic mass is 9.85. The summed E-state index contributed by atoms with van der Waals surface area (Å²) in [6.45, 7) is 8.83. The van der Waals surface area contributed by atoms with Gasteiger partial charge in [-0.1, -0.05) is 19.1 Å². The molecule has 1 aromatic heterocycles. The van der Waals surface area contributed by atoms with E-state index in [0.29, 0.717) is 25.4 Å². The highest BCUT2D eigenvalue weighted by Crippen LogP contribution is 2.37. The molecule has 1 aromatic carbocycles. The third-order valence-electron chi connectivity index (χ3n) is 6.44. The van der Waals surface area contributed by atoms with Gasteiger partial charge in [0.25, 0.3) is 0 Å². The fourth-order valence-electron chi connectivity index (χ4n) is 4.80. The van der Waals surface area contributed by atoms with Gasteiger partial charge < -0.3 is 15.5 Å². The average Bonchev–Trinajstić information content (AvgIpc) is 3.13. The van der Waals surface area contributed by atoms with Gasteiger partial charge in [0.15, 0.2) is 0 Å². The molecule has 6 nitrogen and oxygen atoms in total. The number of nitrogens with two attached hydrogens (primary N) is 1. The highest BCUT2D eigenvalue weighted by atomic mass is 35.5. The van der Waals surface area contributed by atoms with Crippen molar-refractivity contribution in [1.29, 1.82) is 0 Å². The minimum atomic E-state index is -0.506. The van der Waals surface area contributed by atoms with E-state index >= 15 is 0 Å². The van der Waals surface area contributed by atoms with Crippen LogP contribution in [-0.4, -0.2) is 52.5 Å². The quantitative estimate of drug-likeness (QED) is 0.673. The van der Waals surface area contributed by atoms with Crippen LogP contribution in [0.15, 0.2) is 30.6 Å². The Labute approximate surface area is 208 Å². The van der Waals surface area contributed by atoms with E-state index < -0.39 is 5.54 Å². The summed E-state index contributed by atoms with van der Waals surface area (Å²) >= 11 is 0. The second-order valence-corrected chi connectivity index (χ2v) is 9.61. The second-order valence-electron chi connectivity index (χ2n) is 9.61. The molecule has 33 heavy (non-hydrogen) atoms. The largest absolute Gasteiger partial charge is 0.353 e. The molecule has 1 aliphatic heterocycles. The summed E-state index contributed by atoms with van der Waals surface area (Å²) in [5, 5.41) is 0. The molecule has 4 rings (SSSR count). The molecule has 0 bridgehead atoms. The summed E-state index contributed by atoms with van der Waals surface area (Å²) in [7, 11) is 0. The zero-order chi connectivity index (χ0) is 22.2. The molecule has 1 amide bonds. The maximum atomic E-state index is 13.5. The molecule has 2 aromatic rings. The van der Waals surface area contributed by atoms with Gasteiger partial charge in [0.1, 0.15) is 18.0 Å². The van der Waals surface area contributed by atoms with Crippen LogP contribution in [0.1, 0.15) is 62.3 Å². The van der Waals surface area contributed by atoms with Crippen molar-refractivity contribution >= 4 is 36.5 Å². The Morgan fingerprint density at radius 1 is 1.15 bits per heavy atom. The average molecular weight is 498 g/mol. The van der Waals surface area contributed by atoms with Crippen molar-refractivity contribution in [2.75, 3.05) is 31.1 Å². The van der Waals surface area contributed by atoms with Gasteiger partial charge >= 0.3 is 0 Å². The number of anilines is 1. The zero-order valence-electron chi connectivity index (χ0n) is 19.5. The first-order valence-electron chi connectivity index (χ1n) is 11.1. The summed E-state index contributed by atoms with van der Waals surface area (Å²) in [4.78, 5) is 26.7. The number of nitrogens with zero attached hydrogens (tertiary/aromatic N) is 4. The molecule has 182 valence electrons. The molecule has 1 saturated heterocycles. The van der Waals surface area contributed by atoms with Gasteiger partial charge in [-0.2, -0.15) is 0 Å².